The van der Waals surface area contributed by atoms with Crippen molar-refractivity contribution < 1.29 is 14.6 Å². The number of benzene rings is 3. The van der Waals surface area contributed by atoms with Crippen LogP contribution in [0.4, 0.5) is 0 Å². The van der Waals surface area contributed by atoms with E-state index in [-0.39, 0.29) is 17.9 Å². The largest absolute Gasteiger partial charge is 0.506 e. The van der Waals surface area contributed by atoms with Gasteiger partial charge in [0, 0.05) is 18.0 Å². The predicted molar refractivity (Wildman–Crippen MR) is 107 cm³/mol. The molecule has 136 valence electrons. The van der Waals surface area contributed by atoms with Gasteiger partial charge in [-0.25, -0.2) is 4.79 Å². The Kier molecular flexibility index (Phi) is 4.32. The zero-order chi connectivity index (χ0) is 19.0. The minimum absolute atomic E-state index is 0.0166. The molecule has 0 aliphatic rings. The van der Waals surface area contributed by atoms with Crippen LogP contribution < -0.4 is 0 Å². The van der Waals surface area contributed by atoms with Gasteiger partial charge in [0.2, 0.25) is 0 Å². The third-order valence-corrected chi connectivity index (χ3v) is 4.95. The molecule has 4 rings (SSSR count). The zero-order valence-corrected chi connectivity index (χ0v) is 15.4. The Bertz CT molecular complexity index is 1140. The van der Waals surface area contributed by atoms with Crippen molar-refractivity contribution >= 4 is 27.8 Å². The fourth-order valence-corrected chi connectivity index (χ4v) is 3.77. The van der Waals surface area contributed by atoms with Gasteiger partial charge in [-0.05, 0) is 36.6 Å². The maximum absolute atomic E-state index is 12.5. The number of ether oxygens (including phenoxy) is 1. The molecule has 3 aromatic carbocycles. The number of rotatable bonds is 4. The van der Waals surface area contributed by atoms with Crippen LogP contribution in [-0.2, 0) is 18.2 Å². The molecule has 0 amide bonds. The first-order valence-corrected chi connectivity index (χ1v) is 9.04. The summed E-state index contributed by atoms with van der Waals surface area (Å²) in [6.07, 6.45) is 0.661. The number of hydrogen-bond acceptors (Lipinski definition) is 3. The van der Waals surface area contributed by atoms with Crippen LogP contribution in [0.2, 0.25) is 0 Å². The molecule has 0 aliphatic heterocycles. The van der Waals surface area contributed by atoms with Gasteiger partial charge >= 0.3 is 5.97 Å². The number of hydrogen-bond donors (Lipinski definition) is 1. The van der Waals surface area contributed by atoms with Crippen molar-refractivity contribution in [2.75, 3.05) is 6.61 Å². The van der Waals surface area contributed by atoms with Crippen LogP contribution in [0.15, 0.2) is 60.7 Å². The van der Waals surface area contributed by atoms with E-state index in [1.54, 1.807) is 13.0 Å². The van der Waals surface area contributed by atoms with Crippen LogP contribution in [-0.4, -0.2) is 22.2 Å². The summed E-state index contributed by atoms with van der Waals surface area (Å²) >= 11 is 0. The number of aromatic nitrogens is 1. The van der Waals surface area contributed by atoms with Gasteiger partial charge in [0.25, 0.3) is 0 Å². The van der Waals surface area contributed by atoms with E-state index in [1.165, 1.54) is 0 Å². The molecular formula is C23H21NO3. The standard InChI is InChI=1S/C23H21NO3/c1-3-27-23(26)18-14-16(13-15-9-5-4-6-10-15)21-20(22(18)25)17-11-7-8-12-19(17)24(21)2/h4-12,14,25H,3,13H2,1-2H3. The molecule has 27 heavy (non-hydrogen) atoms. The molecule has 1 N–H and O–H groups in total. The van der Waals surface area contributed by atoms with Gasteiger partial charge in [0.15, 0.2) is 0 Å². The average Bonchev–Trinajstić information content (AvgIpc) is 2.99. The van der Waals surface area contributed by atoms with Gasteiger partial charge in [-0.3, -0.25) is 0 Å². The number of esters is 1. The number of nitrogens with zero attached hydrogens (tertiary/aromatic N) is 1. The molecule has 0 atom stereocenters. The van der Waals surface area contributed by atoms with Crippen molar-refractivity contribution in [1.82, 2.24) is 4.57 Å². The number of aromatic hydroxyl groups is 1. The number of fused-ring (bicyclic) bond motifs is 3. The first-order chi connectivity index (χ1) is 13.1. The Morgan fingerprint density at radius 1 is 1.07 bits per heavy atom. The van der Waals surface area contributed by atoms with Gasteiger partial charge in [-0.15, -0.1) is 0 Å². The second-order valence-electron chi connectivity index (χ2n) is 6.61. The quantitative estimate of drug-likeness (QED) is 0.532. The minimum Gasteiger partial charge on any atom is -0.506 e. The summed E-state index contributed by atoms with van der Waals surface area (Å²) in [5, 5.41) is 12.6. The molecule has 0 saturated heterocycles. The van der Waals surface area contributed by atoms with Crippen LogP contribution in [0.3, 0.4) is 0 Å². The Hall–Kier alpha value is -3.27. The number of para-hydroxylation sites is 1. The molecule has 1 heterocycles. The molecule has 1 aromatic heterocycles. The fraction of sp³-hybridized carbons (Fsp3) is 0.174. The second-order valence-corrected chi connectivity index (χ2v) is 6.61. The third-order valence-electron chi connectivity index (χ3n) is 4.95. The lowest BCUT2D eigenvalue weighted by atomic mass is 9.98. The number of carbonyl (C=O) groups is 1. The molecular weight excluding hydrogens is 338 g/mol. The topological polar surface area (TPSA) is 51.5 Å². The van der Waals surface area contributed by atoms with E-state index < -0.39 is 5.97 Å². The number of phenolic OH excluding ortho intramolecular Hbond substituents is 1. The van der Waals surface area contributed by atoms with Gasteiger partial charge in [-0.2, -0.15) is 0 Å². The van der Waals surface area contributed by atoms with E-state index in [0.29, 0.717) is 11.8 Å². The molecule has 0 fully saturated rings. The monoisotopic (exact) mass is 359 g/mol. The molecule has 0 radical (unpaired) electrons. The summed E-state index contributed by atoms with van der Waals surface area (Å²) in [6.45, 7) is 2.02. The maximum Gasteiger partial charge on any atom is 0.341 e. The molecule has 4 nitrogen and oxygen atoms in total. The number of carbonyl (C=O) groups excluding carboxylic acids is 1. The highest BCUT2D eigenvalue weighted by atomic mass is 16.5. The van der Waals surface area contributed by atoms with Crippen LogP contribution >= 0.6 is 0 Å². The zero-order valence-electron chi connectivity index (χ0n) is 15.4. The Morgan fingerprint density at radius 2 is 1.78 bits per heavy atom. The lowest BCUT2D eigenvalue weighted by Gasteiger charge is -2.12. The van der Waals surface area contributed by atoms with Crippen LogP contribution in [0, 0.1) is 0 Å². The first-order valence-electron chi connectivity index (χ1n) is 9.04. The van der Waals surface area contributed by atoms with E-state index in [9.17, 15) is 9.90 Å². The van der Waals surface area contributed by atoms with E-state index in [4.69, 9.17) is 4.74 Å². The highest BCUT2D eigenvalue weighted by Crippen LogP contribution is 2.39. The van der Waals surface area contributed by atoms with Crippen molar-refractivity contribution in [1.29, 1.82) is 0 Å². The molecule has 0 saturated carbocycles. The normalized spacial score (nSPS) is 11.2. The molecule has 0 spiro atoms. The molecule has 4 heteroatoms. The van der Waals surface area contributed by atoms with E-state index in [2.05, 4.69) is 16.7 Å². The lowest BCUT2D eigenvalue weighted by molar-refractivity contribution is 0.0523. The summed E-state index contributed by atoms with van der Waals surface area (Å²) in [4.78, 5) is 12.5. The average molecular weight is 359 g/mol. The summed E-state index contributed by atoms with van der Waals surface area (Å²) in [5.41, 5.74) is 4.29. The molecule has 4 aromatic rings. The first kappa shape index (κ1) is 17.2. The maximum atomic E-state index is 12.5. The van der Waals surface area contributed by atoms with Crippen LogP contribution in [0.5, 0.6) is 5.75 Å². The Morgan fingerprint density at radius 3 is 2.52 bits per heavy atom. The predicted octanol–water partition coefficient (Wildman–Crippen LogP) is 4.80. The minimum atomic E-state index is -0.501. The van der Waals surface area contributed by atoms with Gasteiger partial charge < -0.3 is 14.4 Å². The highest BCUT2D eigenvalue weighted by Gasteiger charge is 2.22. The third kappa shape index (κ3) is 2.83. The van der Waals surface area contributed by atoms with Crippen molar-refractivity contribution in [3.8, 4) is 5.75 Å². The van der Waals surface area contributed by atoms with E-state index >= 15 is 0 Å². The summed E-state index contributed by atoms with van der Waals surface area (Å²) < 4.78 is 7.26. The number of aryl methyl sites for hydroxylation is 1. The van der Waals surface area contributed by atoms with Gasteiger partial charge in [0.05, 0.1) is 17.5 Å². The van der Waals surface area contributed by atoms with Crippen LogP contribution in [0.25, 0.3) is 21.8 Å². The smallest absolute Gasteiger partial charge is 0.341 e. The second kappa shape index (κ2) is 6.80. The summed E-state index contributed by atoms with van der Waals surface area (Å²) in [5.74, 6) is -0.517. The van der Waals surface area contributed by atoms with Gasteiger partial charge in [0.1, 0.15) is 11.3 Å². The Labute approximate surface area is 157 Å². The summed E-state index contributed by atoms with van der Waals surface area (Å²) in [7, 11) is 1.99. The SMILES string of the molecule is CCOC(=O)c1cc(Cc2ccccc2)c2c(c1O)c1ccccc1n2C. The van der Waals surface area contributed by atoms with E-state index in [0.717, 1.165) is 27.5 Å². The fourth-order valence-electron chi connectivity index (χ4n) is 3.77. The van der Waals surface area contributed by atoms with Crippen molar-refractivity contribution in [2.24, 2.45) is 7.05 Å². The molecule has 0 aliphatic carbocycles. The van der Waals surface area contributed by atoms with Crippen molar-refractivity contribution in [3.63, 3.8) is 0 Å². The van der Waals surface area contributed by atoms with Crippen molar-refractivity contribution in [2.45, 2.75) is 13.3 Å². The molecule has 0 bridgehead atoms. The summed E-state index contributed by atoms with van der Waals surface area (Å²) in [6, 6.07) is 19.8. The molecule has 0 unspecified atom stereocenters. The van der Waals surface area contributed by atoms with Crippen molar-refractivity contribution in [3.05, 3.63) is 77.4 Å². The van der Waals surface area contributed by atoms with E-state index in [1.807, 2.05) is 49.5 Å². The van der Waals surface area contributed by atoms with Crippen LogP contribution in [0.1, 0.15) is 28.4 Å². The van der Waals surface area contributed by atoms with Gasteiger partial charge in [-0.1, -0.05) is 48.5 Å². The lowest BCUT2D eigenvalue weighted by Crippen LogP contribution is -2.07. The number of phenols is 1. The highest BCUT2D eigenvalue weighted by molar-refractivity contribution is 6.15. The Balaban J connectivity index is 2.05.